The van der Waals surface area contributed by atoms with E-state index in [0.29, 0.717) is 13.2 Å². The number of aryl methyl sites for hydroxylation is 1. The maximum atomic E-state index is 12.7. The first kappa shape index (κ1) is 19.3. The van der Waals surface area contributed by atoms with Gasteiger partial charge in [0.15, 0.2) is 0 Å². The van der Waals surface area contributed by atoms with Crippen LogP contribution in [-0.2, 0) is 16.1 Å². The van der Waals surface area contributed by atoms with Crippen LogP contribution in [0.3, 0.4) is 0 Å². The van der Waals surface area contributed by atoms with Crippen LogP contribution in [0.5, 0.6) is 0 Å². The van der Waals surface area contributed by atoms with Crippen molar-refractivity contribution in [3.05, 3.63) is 72.3 Å². The number of amides is 1. The fraction of sp³-hybridized carbons (Fsp3) is 0.348. The van der Waals surface area contributed by atoms with Crippen molar-refractivity contribution in [1.82, 2.24) is 19.4 Å². The van der Waals surface area contributed by atoms with Crippen LogP contribution in [0.1, 0.15) is 30.1 Å². The topological polar surface area (TPSA) is 60.2 Å². The largest absolute Gasteiger partial charge is 0.367 e. The molecule has 6 heteroatoms. The van der Waals surface area contributed by atoms with Gasteiger partial charge in [-0.2, -0.15) is 0 Å². The third-order valence-electron chi connectivity index (χ3n) is 5.37. The fourth-order valence-corrected chi connectivity index (χ4v) is 3.94. The van der Waals surface area contributed by atoms with Gasteiger partial charge in [0.2, 0.25) is 5.91 Å². The monoisotopic (exact) mass is 390 g/mol. The number of carbonyl (C=O) groups excluding carboxylic acids is 1. The van der Waals surface area contributed by atoms with Gasteiger partial charge in [-0.1, -0.05) is 30.3 Å². The molecule has 29 heavy (non-hydrogen) atoms. The molecule has 3 aromatic rings. The molecule has 2 aromatic heterocycles. The van der Waals surface area contributed by atoms with E-state index in [-0.39, 0.29) is 18.6 Å². The maximum absolute atomic E-state index is 12.7. The van der Waals surface area contributed by atoms with Gasteiger partial charge in [-0.3, -0.25) is 9.78 Å². The van der Waals surface area contributed by atoms with Crippen molar-refractivity contribution in [2.24, 2.45) is 0 Å². The summed E-state index contributed by atoms with van der Waals surface area (Å²) in [6.07, 6.45) is 7.47. The van der Waals surface area contributed by atoms with Gasteiger partial charge in [0.05, 0.1) is 12.6 Å². The molecule has 0 saturated carbocycles. The van der Waals surface area contributed by atoms with E-state index in [2.05, 4.69) is 21.5 Å². The lowest BCUT2D eigenvalue weighted by Crippen LogP contribution is -2.42. The highest BCUT2D eigenvalue weighted by atomic mass is 16.5. The van der Waals surface area contributed by atoms with Crippen LogP contribution in [0, 0.1) is 6.92 Å². The highest BCUT2D eigenvalue weighted by molar-refractivity contribution is 5.77. The van der Waals surface area contributed by atoms with Crippen LogP contribution in [0.15, 0.2) is 61.1 Å². The molecule has 3 heterocycles. The van der Waals surface area contributed by atoms with E-state index >= 15 is 0 Å². The first-order chi connectivity index (χ1) is 14.2. The van der Waals surface area contributed by atoms with Gasteiger partial charge < -0.3 is 14.2 Å². The molecule has 1 aromatic carbocycles. The molecule has 1 amide bonds. The number of carbonyl (C=O) groups is 1. The van der Waals surface area contributed by atoms with Crippen molar-refractivity contribution in [2.45, 2.75) is 32.4 Å². The zero-order valence-electron chi connectivity index (χ0n) is 16.7. The lowest BCUT2D eigenvalue weighted by molar-refractivity contribution is -0.138. The molecule has 1 unspecified atom stereocenters. The Kier molecular flexibility index (Phi) is 6.00. The molecule has 0 spiro atoms. The number of rotatable bonds is 6. The molecule has 1 atom stereocenters. The predicted molar refractivity (Wildman–Crippen MR) is 111 cm³/mol. The number of pyridine rings is 1. The van der Waals surface area contributed by atoms with Crippen LogP contribution in [-0.4, -0.2) is 45.0 Å². The summed E-state index contributed by atoms with van der Waals surface area (Å²) in [6.45, 7) is 4.10. The number of hydrogen-bond donors (Lipinski definition) is 0. The highest BCUT2D eigenvalue weighted by Gasteiger charge is 2.27. The molecule has 1 saturated heterocycles. The first-order valence-corrected chi connectivity index (χ1v) is 10.1. The quantitative estimate of drug-likeness (QED) is 0.645. The highest BCUT2D eigenvalue weighted by Crippen LogP contribution is 2.29. The minimum atomic E-state index is 0.0499. The van der Waals surface area contributed by atoms with E-state index in [1.165, 1.54) is 0 Å². The molecule has 0 N–H and O–H groups in total. The third kappa shape index (κ3) is 4.54. The summed E-state index contributed by atoms with van der Waals surface area (Å²) >= 11 is 0. The molecule has 0 radical (unpaired) electrons. The summed E-state index contributed by atoms with van der Waals surface area (Å²) in [4.78, 5) is 23.4. The Bertz CT molecular complexity index is 940. The summed E-state index contributed by atoms with van der Waals surface area (Å²) in [7, 11) is 0. The molecular formula is C23H26N4O2. The summed E-state index contributed by atoms with van der Waals surface area (Å²) in [6, 6.07) is 14.1. The number of likely N-dealkylation sites (tertiary alicyclic amines) is 1. The van der Waals surface area contributed by atoms with Crippen molar-refractivity contribution in [3.8, 4) is 11.4 Å². The number of imidazole rings is 1. The average Bonchev–Trinajstić information content (AvgIpc) is 3.16. The van der Waals surface area contributed by atoms with Gasteiger partial charge in [0.1, 0.15) is 12.4 Å². The molecule has 4 rings (SSSR count). The van der Waals surface area contributed by atoms with Crippen LogP contribution >= 0.6 is 0 Å². The molecule has 150 valence electrons. The van der Waals surface area contributed by atoms with E-state index in [0.717, 1.165) is 42.0 Å². The minimum Gasteiger partial charge on any atom is -0.367 e. The Hall–Kier alpha value is -2.99. The van der Waals surface area contributed by atoms with E-state index in [1.807, 2.05) is 53.6 Å². The van der Waals surface area contributed by atoms with Gasteiger partial charge >= 0.3 is 0 Å². The normalized spacial score (nSPS) is 16.7. The Morgan fingerprint density at radius 1 is 1.17 bits per heavy atom. The minimum absolute atomic E-state index is 0.0499. The van der Waals surface area contributed by atoms with Crippen LogP contribution in [0.25, 0.3) is 11.4 Å². The molecule has 1 aliphatic heterocycles. The summed E-state index contributed by atoms with van der Waals surface area (Å²) < 4.78 is 7.92. The number of nitrogens with zero attached hydrogens (tertiary/aromatic N) is 4. The Balaban J connectivity index is 1.41. The molecule has 1 aliphatic rings. The van der Waals surface area contributed by atoms with E-state index in [1.54, 1.807) is 12.4 Å². The SMILES string of the molecule is Cc1cnc(-c2ccncc2)n1C1CCCN(C(=O)COCc2ccccc2)C1. The summed E-state index contributed by atoms with van der Waals surface area (Å²) in [5, 5.41) is 0. The fourth-order valence-electron chi connectivity index (χ4n) is 3.94. The first-order valence-electron chi connectivity index (χ1n) is 10.1. The van der Waals surface area contributed by atoms with Crippen LogP contribution < -0.4 is 0 Å². The molecule has 0 bridgehead atoms. The Morgan fingerprint density at radius 3 is 2.76 bits per heavy atom. The smallest absolute Gasteiger partial charge is 0.248 e. The lowest BCUT2D eigenvalue weighted by Gasteiger charge is -2.34. The summed E-state index contributed by atoms with van der Waals surface area (Å²) in [5.41, 5.74) is 3.23. The second-order valence-electron chi connectivity index (χ2n) is 7.44. The lowest BCUT2D eigenvalue weighted by atomic mass is 10.0. The van der Waals surface area contributed by atoms with Gasteiger partial charge in [0.25, 0.3) is 0 Å². The second kappa shape index (κ2) is 9.01. The molecular weight excluding hydrogens is 364 g/mol. The number of piperidine rings is 1. The van der Waals surface area contributed by atoms with E-state index in [4.69, 9.17) is 4.74 Å². The van der Waals surface area contributed by atoms with E-state index < -0.39 is 0 Å². The van der Waals surface area contributed by atoms with Crippen molar-refractivity contribution in [3.63, 3.8) is 0 Å². The van der Waals surface area contributed by atoms with Gasteiger partial charge in [-0.25, -0.2) is 4.98 Å². The zero-order valence-corrected chi connectivity index (χ0v) is 16.7. The summed E-state index contributed by atoms with van der Waals surface area (Å²) in [5.74, 6) is 0.985. The van der Waals surface area contributed by atoms with E-state index in [9.17, 15) is 4.79 Å². The van der Waals surface area contributed by atoms with Crippen molar-refractivity contribution >= 4 is 5.91 Å². The Morgan fingerprint density at radius 2 is 1.97 bits per heavy atom. The van der Waals surface area contributed by atoms with Gasteiger partial charge in [-0.15, -0.1) is 0 Å². The van der Waals surface area contributed by atoms with Gasteiger partial charge in [-0.05, 0) is 37.5 Å². The maximum Gasteiger partial charge on any atom is 0.248 e. The molecule has 0 aliphatic carbocycles. The number of benzene rings is 1. The van der Waals surface area contributed by atoms with Gasteiger partial charge in [0, 0.05) is 42.9 Å². The predicted octanol–water partition coefficient (Wildman–Crippen LogP) is 3.63. The van der Waals surface area contributed by atoms with Crippen LogP contribution in [0.2, 0.25) is 0 Å². The Labute approximate surface area is 171 Å². The van der Waals surface area contributed by atoms with Crippen molar-refractivity contribution in [2.75, 3.05) is 19.7 Å². The standard InChI is InChI=1S/C23H26N4O2/c1-18-14-25-23(20-9-11-24-12-10-20)27(18)21-8-5-13-26(15-21)22(28)17-29-16-19-6-3-2-4-7-19/h2-4,6-7,9-12,14,21H,5,8,13,15-17H2,1H3. The number of hydrogen-bond acceptors (Lipinski definition) is 4. The van der Waals surface area contributed by atoms with Crippen molar-refractivity contribution < 1.29 is 9.53 Å². The molecule has 6 nitrogen and oxygen atoms in total. The number of aromatic nitrogens is 3. The second-order valence-corrected chi connectivity index (χ2v) is 7.44. The number of ether oxygens (including phenoxy) is 1. The van der Waals surface area contributed by atoms with Crippen LogP contribution in [0.4, 0.5) is 0 Å². The third-order valence-corrected chi connectivity index (χ3v) is 5.37. The van der Waals surface area contributed by atoms with Crippen molar-refractivity contribution in [1.29, 1.82) is 0 Å². The average molecular weight is 390 g/mol. The zero-order chi connectivity index (χ0) is 20.1. The molecule has 1 fully saturated rings.